The first kappa shape index (κ1) is 20.4. The molecule has 154 valence electrons. The molecule has 0 radical (unpaired) electrons. The van der Waals surface area contributed by atoms with Crippen molar-refractivity contribution in [3.05, 3.63) is 84.1 Å². The van der Waals surface area contributed by atoms with E-state index in [1.54, 1.807) is 6.20 Å². The highest BCUT2D eigenvalue weighted by Gasteiger charge is 2.35. The molecule has 1 saturated carbocycles. The lowest BCUT2D eigenvalue weighted by Gasteiger charge is -2.30. The van der Waals surface area contributed by atoms with Crippen LogP contribution in [0.15, 0.2) is 72.9 Å². The van der Waals surface area contributed by atoms with E-state index in [9.17, 15) is 0 Å². The van der Waals surface area contributed by atoms with Crippen LogP contribution in [0.3, 0.4) is 0 Å². The Morgan fingerprint density at radius 2 is 1.77 bits per heavy atom. The maximum Gasteiger partial charge on any atom is 0.170 e. The molecule has 0 aliphatic heterocycles. The molecule has 0 atom stereocenters. The van der Waals surface area contributed by atoms with Gasteiger partial charge in [0.25, 0.3) is 0 Å². The van der Waals surface area contributed by atoms with Crippen molar-refractivity contribution in [1.82, 2.24) is 10.3 Å². The summed E-state index contributed by atoms with van der Waals surface area (Å²) in [4.78, 5) is 4.49. The van der Waals surface area contributed by atoms with Crippen LogP contribution in [0, 0.1) is 6.92 Å². The second kappa shape index (κ2) is 9.26. The van der Waals surface area contributed by atoms with Crippen LogP contribution >= 0.6 is 12.2 Å². The number of thiocarbonyl (C=S) groups is 1. The second-order valence-corrected chi connectivity index (χ2v) is 8.50. The van der Waals surface area contributed by atoms with Crippen molar-refractivity contribution in [2.24, 2.45) is 0 Å². The first-order valence-electron chi connectivity index (χ1n) is 10.5. The monoisotopic (exact) mass is 416 g/mol. The van der Waals surface area contributed by atoms with Crippen LogP contribution in [0.5, 0.6) is 0 Å². The molecule has 1 aliphatic carbocycles. The van der Waals surface area contributed by atoms with Crippen LogP contribution in [0.4, 0.5) is 17.2 Å². The number of hydrogen-bond donors (Lipinski definition) is 3. The van der Waals surface area contributed by atoms with E-state index in [1.165, 1.54) is 36.8 Å². The van der Waals surface area contributed by atoms with Gasteiger partial charge in [-0.05, 0) is 67.4 Å². The molecule has 1 aromatic heterocycles. The molecular weight excluding hydrogens is 388 g/mol. The smallest absolute Gasteiger partial charge is 0.170 e. The van der Waals surface area contributed by atoms with Gasteiger partial charge in [-0.3, -0.25) is 0 Å². The third kappa shape index (κ3) is 4.97. The van der Waals surface area contributed by atoms with Crippen molar-refractivity contribution in [1.29, 1.82) is 0 Å². The van der Waals surface area contributed by atoms with Crippen LogP contribution in [0.2, 0.25) is 0 Å². The van der Waals surface area contributed by atoms with Crippen molar-refractivity contribution in [2.45, 2.75) is 38.0 Å². The van der Waals surface area contributed by atoms with Gasteiger partial charge in [0.1, 0.15) is 5.82 Å². The highest BCUT2D eigenvalue weighted by atomic mass is 32.1. The second-order valence-electron chi connectivity index (χ2n) is 8.09. The van der Waals surface area contributed by atoms with Crippen molar-refractivity contribution >= 4 is 34.5 Å². The van der Waals surface area contributed by atoms with Gasteiger partial charge in [0, 0.05) is 17.6 Å². The third-order valence-corrected chi connectivity index (χ3v) is 6.09. The summed E-state index contributed by atoms with van der Waals surface area (Å²) in [6.45, 7) is 2.93. The molecule has 0 saturated heterocycles. The summed E-state index contributed by atoms with van der Waals surface area (Å²) >= 11 is 5.56. The Labute approximate surface area is 184 Å². The number of aryl methyl sites for hydroxylation is 1. The number of nitrogens with one attached hydrogen (secondary N) is 3. The van der Waals surface area contributed by atoms with Gasteiger partial charge >= 0.3 is 0 Å². The Morgan fingerprint density at radius 3 is 2.47 bits per heavy atom. The van der Waals surface area contributed by atoms with Crippen molar-refractivity contribution in [3.8, 4) is 0 Å². The summed E-state index contributed by atoms with van der Waals surface area (Å²) in [5.74, 6) is 0.805. The third-order valence-electron chi connectivity index (χ3n) is 5.85. The molecule has 2 aromatic carbocycles. The molecular formula is C25H28N4S. The number of rotatable bonds is 6. The minimum Gasteiger partial charge on any atom is -0.362 e. The zero-order valence-corrected chi connectivity index (χ0v) is 18.1. The molecule has 1 fully saturated rings. The molecule has 30 heavy (non-hydrogen) atoms. The Bertz CT molecular complexity index is 980. The van der Waals surface area contributed by atoms with E-state index in [4.69, 9.17) is 12.2 Å². The standard InChI is InChI=1S/C25H28N4S/c1-19-8-7-11-21(16-19)28-23-13-12-22(17-26-23)29-24(30)27-18-25(14-5-6-15-25)20-9-3-2-4-10-20/h2-4,7-13,16-17H,5-6,14-15,18H2,1H3,(H,26,28)(H2,27,29,30). The number of benzene rings is 2. The zero-order valence-electron chi connectivity index (χ0n) is 17.3. The van der Waals surface area contributed by atoms with Crippen molar-refractivity contribution in [2.75, 3.05) is 17.2 Å². The average molecular weight is 417 g/mol. The van der Waals surface area contributed by atoms with E-state index in [-0.39, 0.29) is 5.41 Å². The molecule has 3 N–H and O–H groups in total. The highest BCUT2D eigenvalue weighted by molar-refractivity contribution is 7.80. The summed E-state index contributed by atoms with van der Waals surface area (Å²) in [5.41, 5.74) is 4.70. The normalized spacial score (nSPS) is 14.8. The van der Waals surface area contributed by atoms with Crippen molar-refractivity contribution in [3.63, 3.8) is 0 Å². The van der Waals surface area contributed by atoms with Gasteiger partial charge in [0.15, 0.2) is 5.11 Å². The minimum absolute atomic E-state index is 0.173. The Morgan fingerprint density at radius 1 is 0.967 bits per heavy atom. The molecule has 0 amide bonds. The fourth-order valence-electron chi connectivity index (χ4n) is 4.25. The van der Waals surface area contributed by atoms with E-state index < -0.39 is 0 Å². The van der Waals surface area contributed by atoms with Crippen LogP contribution in [0.25, 0.3) is 0 Å². The van der Waals surface area contributed by atoms with Crippen LogP contribution in [0.1, 0.15) is 36.8 Å². The lowest BCUT2D eigenvalue weighted by atomic mass is 9.79. The number of aromatic nitrogens is 1. The van der Waals surface area contributed by atoms with Crippen LogP contribution < -0.4 is 16.0 Å². The van der Waals surface area contributed by atoms with Crippen LogP contribution in [-0.2, 0) is 5.41 Å². The molecule has 4 nitrogen and oxygen atoms in total. The largest absolute Gasteiger partial charge is 0.362 e. The Kier molecular flexibility index (Phi) is 6.29. The van der Waals surface area contributed by atoms with E-state index >= 15 is 0 Å². The molecule has 1 aliphatic rings. The molecule has 0 spiro atoms. The van der Waals surface area contributed by atoms with E-state index in [1.807, 2.05) is 24.3 Å². The fourth-order valence-corrected chi connectivity index (χ4v) is 4.44. The first-order chi connectivity index (χ1) is 14.6. The maximum atomic E-state index is 5.56. The Hall–Kier alpha value is -2.92. The quantitative estimate of drug-likeness (QED) is 0.435. The average Bonchev–Trinajstić information content (AvgIpc) is 3.25. The number of anilines is 3. The molecule has 4 rings (SSSR count). The maximum absolute atomic E-state index is 5.56. The van der Waals surface area contributed by atoms with Gasteiger partial charge in [0.2, 0.25) is 0 Å². The summed E-state index contributed by atoms with van der Waals surface area (Å²) in [5, 5.41) is 10.7. The van der Waals surface area contributed by atoms with Gasteiger partial charge < -0.3 is 16.0 Å². The van der Waals surface area contributed by atoms with Gasteiger partial charge in [0.05, 0.1) is 11.9 Å². The first-order valence-corrected chi connectivity index (χ1v) is 10.9. The molecule has 5 heteroatoms. The summed E-state index contributed by atoms with van der Waals surface area (Å²) in [7, 11) is 0. The van der Waals surface area contributed by atoms with Gasteiger partial charge in [-0.2, -0.15) is 0 Å². The van der Waals surface area contributed by atoms with Crippen LogP contribution in [-0.4, -0.2) is 16.6 Å². The summed E-state index contributed by atoms with van der Waals surface area (Å²) in [6, 6.07) is 23.0. The van der Waals surface area contributed by atoms with E-state index in [0.717, 1.165) is 23.7 Å². The SMILES string of the molecule is Cc1cccc(Nc2ccc(NC(=S)NCC3(c4ccccc4)CCCC3)cn2)c1. The lowest BCUT2D eigenvalue weighted by molar-refractivity contribution is 0.435. The zero-order chi connectivity index (χ0) is 20.8. The molecule has 0 bridgehead atoms. The predicted octanol–water partition coefficient (Wildman–Crippen LogP) is 5.93. The topological polar surface area (TPSA) is 49.0 Å². The predicted molar refractivity (Wildman–Crippen MR) is 130 cm³/mol. The number of hydrogen-bond acceptors (Lipinski definition) is 3. The van der Waals surface area contributed by atoms with Crippen molar-refractivity contribution < 1.29 is 0 Å². The summed E-state index contributed by atoms with van der Waals surface area (Å²) < 4.78 is 0. The number of nitrogens with zero attached hydrogens (tertiary/aromatic N) is 1. The highest BCUT2D eigenvalue weighted by Crippen LogP contribution is 2.40. The van der Waals surface area contributed by atoms with E-state index in [2.05, 4.69) is 70.3 Å². The number of pyridine rings is 1. The van der Waals surface area contributed by atoms with E-state index in [0.29, 0.717) is 5.11 Å². The minimum atomic E-state index is 0.173. The Balaban J connectivity index is 1.33. The van der Waals surface area contributed by atoms with Gasteiger partial charge in [-0.15, -0.1) is 0 Å². The molecule has 0 unspecified atom stereocenters. The summed E-state index contributed by atoms with van der Waals surface area (Å²) in [6.07, 6.45) is 6.75. The lowest BCUT2D eigenvalue weighted by Crippen LogP contribution is -2.40. The molecule has 1 heterocycles. The van der Waals surface area contributed by atoms with Gasteiger partial charge in [-0.25, -0.2) is 4.98 Å². The molecule has 3 aromatic rings. The fraction of sp³-hybridized carbons (Fsp3) is 0.280. The van der Waals surface area contributed by atoms with Gasteiger partial charge in [-0.1, -0.05) is 55.3 Å².